The van der Waals surface area contributed by atoms with Crippen LogP contribution >= 0.6 is 0 Å². The highest BCUT2D eigenvalue weighted by atomic mass is 16.5. The number of hydrogen-bond acceptors (Lipinski definition) is 4. The molecule has 2 fully saturated rings. The van der Waals surface area contributed by atoms with Crippen LogP contribution in [-0.4, -0.2) is 46.2 Å². The molecule has 2 saturated heterocycles. The minimum absolute atomic E-state index is 0.671. The highest BCUT2D eigenvalue weighted by Crippen LogP contribution is 2.32. The SMILES string of the molecule is Cc1cc(CN2CC[C@H]3CC[C@@H](C2)N3C(C)C)on1. The Morgan fingerprint density at radius 3 is 2.79 bits per heavy atom. The Bertz CT molecular complexity index is 429. The number of likely N-dealkylation sites (tertiary alicyclic amines) is 1. The smallest absolute Gasteiger partial charge is 0.150 e. The van der Waals surface area contributed by atoms with Crippen molar-refractivity contribution in [2.75, 3.05) is 13.1 Å². The summed E-state index contributed by atoms with van der Waals surface area (Å²) in [6, 6.07) is 4.26. The van der Waals surface area contributed by atoms with E-state index in [0.29, 0.717) is 6.04 Å². The molecule has 1 aromatic rings. The lowest BCUT2D eigenvalue weighted by Crippen LogP contribution is -2.43. The van der Waals surface area contributed by atoms with Crippen molar-refractivity contribution in [3.8, 4) is 0 Å². The molecule has 0 N–H and O–H groups in total. The number of nitrogens with zero attached hydrogens (tertiary/aromatic N) is 3. The Morgan fingerprint density at radius 2 is 2.11 bits per heavy atom. The van der Waals surface area contributed by atoms with Crippen LogP contribution in [0.25, 0.3) is 0 Å². The molecule has 0 spiro atoms. The van der Waals surface area contributed by atoms with Gasteiger partial charge in [-0.25, -0.2) is 0 Å². The maximum atomic E-state index is 5.36. The molecule has 4 nitrogen and oxygen atoms in total. The van der Waals surface area contributed by atoms with Crippen LogP contribution in [0, 0.1) is 6.92 Å². The predicted octanol–water partition coefficient (Wildman–Crippen LogP) is 2.43. The zero-order chi connectivity index (χ0) is 13.4. The first-order valence-electron chi connectivity index (χ1n) is 7.55. The molecule has 106 valence electrons. The molecule has 0 amide bonds. The molecule has 19 heavy (non-hydrogen) atoms. The molecule has 4 heteroatoms. The van der Waals surface area contributed by atoms with Gasteiger partial charge < -0.3 is 4.52 Å². The lowest BCUT2D eigenvalue weighted by atomic mass is 10.1. The minimum Gasteiger partial charge on any atom is -0.360 e. The first-order valence-corrected chi connectivity index (χ1v) is 7.55. The molecule has 0 aromatic carbocycles. The fourth-order valence-electron chi connectivity index (χ4n) is 3.88. The van der Waals surface area contributed by atoms with Gasteiger partial charge in [0, 0.05) is 37.3 Å². The van der Waals surface area contributed by atoms with Crippen LogP contribution < -0.4 is 0 Å². The standard InChI is InChI=1S/C15H25N3O/c1-11(2)18-13-4-5-14(18)9-17(7-6-13)10-15-8-12(3)16-19-15/h8,11,13-14H,4-7,9-10H2,1-3H3/t13-,14+/m1/s1. The molecule has 0 unspecified atom stereocenters. The number of hydrogen-bond donors (Lipinski definition) is 0. The van der Waals surface area contributed by atoms with Crippen molar-refractivity contribution in [1.29, 1.82) is 0 Å². The predicted molar refractivity (Wildman–Crippen MR) is 74.9 cm³/mol. The van der Waals surface area contributed by atoms with E-state index in [1.54, 1.807) is 0 Å². The van der Waals surface area contributed by atoms with Crippen LogP contribution in [0.1, 0.15) is 44.6 Å². The fraction of sp³-hybridized carbons (Fsp3) is 0.800. The van der Waals surface area contributed by atoms with Gasteiger partial charge >= 0.3 is 0 Å². The first-order chi connectivity index (χ1) is 9.13. The van der Waals surface area contributed by atoms with E-state index in [-0.39, 0.29) is 0 Å². The highest BCUT2D eigenvalue weighted by molar-refractivity contribution is 5.04. The number of aromatic nitrogens is 1. The van der Waals surface area contributed by atoms with Crippen molar-refractivity contribution in [1.82, 2.24) is 15.0 Å². The summed E-state index contributed by atoms with van der Waals surface area (Å²) >= 11 is 0. The lowest BCUT2D eigenvalue weighted by Gasteiger charge is -2.32. The van der Waals surface area contributed by atoms with E-state index in [9.17, 15) is 0 Å². The molecule has 3 heterocycles. The largest absolute Gasteiger partial charge is 0.360 e. The molecule has 2 atom stereocenters. The second-order valence-corrected chi connectivity index (χ2v) is 6.38. The fourth-order valence-corrected chi connectivity index (χ4v) is 3.88. The van der Waals surface area contributed by atoms with Crippen LogP contribution in [0.15, 0.2) is 10.6 Å². The number of rotatable bonds is 3. The van der Waals surface area contributed by atoms with Crippen molar-refractivity contribution >= 4 is 0 Å². The van der Waals surface area contributed by atoms with E-state index in [2.05, 4.69) is 34.9 Å². The van der Waals surface area contributed by atoms with Gasteiger partial charge in [-0.1, -0.05) is 5.16 Å². The molecule has 2 bridgehead atoms. The quantitative estimate of drug-likeness (QED) is 0.838. The monoisotopic (exact) mass is 263 g/mol. The van der Waals surface area contributed by atoms with Gasteiger partial charge in [0.05, 0.1) is 12.2 Å². The summed E-state index contributed by atoms with van der Waals surface area (Å²) in [7, 11) is 0. The van der Waals surface area contributed by atoms with Crippen LogP contribution in [0.2, 0.25) is 0 Å². The van der Waals surface area contributed by atoms with E-state index in [0.717, 1.165) is 30.1 Å². The zero-order valence-corrected chi connectivity index (χ0v) is 12.3. The highest BCUT2D eigenvalue weighted by Gasteiger charge is 2.38. The van der Waals surface area contributed by atoms with Crippen LogP contribution in [0.5, 0.6) is 0 Å². The molecule has 0 aliphatic carbocycles. The van der Waals surface area contributed by atoms with Gasteiger partial charge in [0.2, 0.25) is 0 Å². The summed E-state index contributed by atoms with van der Waals surface area (Å²) in [4.78, 5) is 5.28. The Kier molecular flexibility index (Phi) is 3.63. The first kappa shape index (κ1) is 13.1. The van der Waals surface area contributed by atoms with Gasteiger partial charge in [-0.3, -0.25) is 9.80 Å². The average Bonchev–Trinajstić information content (AvgIpc) is 2.86. The second-order valence-electron chi connectivity index (χ2n) is 6.38. The van der Waals surface area contributed by atoms with Crippen molar-refractivity contribution < 1.29 is 4.52 Å². The summed E-state index contributed by atoms with van der Waals surface area (Å²) in [5, 5.41) is 3.98. The van der Waals surface area contributed by atoms with Gasteiger partial charge in [-0.2, -0.15) is 0 Å². The Morgan fingerprint density at radius 1 is 1.32 bits per heavy atom. The third-order valence-corrected chi connectivity index (χ3v) is 4.58. The van der Waals surface area contributed by atoms with Crippen LogP contribution in [0.3, 0.4) is 0 Å². The normalized spacial score (nSPS) is 29.1. The second kappa shape index (κ2) is 5.25. The molecule has 2 aliphatic heterocycles. The Balaban J connectivity index is 1.67. The number of fused-ring (bicyclic) bond motifs is 2. The lowest BCUT2D eigenvalue weighted by molar-refractivity contribution is 0.142. The maximum absolute atomic E-state index is 5.36. The minimum atomic E-state index is 0.671. The number of aryl methyl sites for hydroxylation is 1. The summed E-state index contributed by atoms with van der Waals surface area (Å²) in [5.41, 5.74) is 0.982. The topological polar surface area (TPSA) is 32.5 Å². The van der Waals surface area contributed by atoms with Crippen molar-refractivity contribution in [2.24, 2.45) is 0 Å². The van der Waals surface area contributed by atoms with Gasteiger partial charge in [0.1, 0.15) is 0 Å². The Labute approximate surface area is 115 Å². The summed E-state index contributed by atoms with van der Waals surface area (Å²) < 4.78 is 5.36. The van der Waals surface area contributed by atoms with Crippen molar-refractivity contribution in [3.05, 3.63) is 17.5 Å². The van der Waals surface area contributed by atoms with Crippen LogP contribution in [0.4, 0.5) is 0 Å². The molecular formula is C15H25N3O. The summed E-state index contributed by atoms with van der Waals surface area (Å²) in [6.45, 7) is 9.92. The average molecular weight is 263 g/mol. The van der Waals surface area contributed by atoms with E-state index < -0.39 is 0 Å². The summed E-state index contributed by atoms with van der Waals surface area (Å²) in [5.74, 6) is 1.01. The third kappa shape index (κ3) is 2.70. The molecule has 0 saturated carbocycles. The molecule has 1 aromatic heterocycles. The molecular weight excluding hydrogens is 238 g/mol. The van der Waals surface area contributed by atoms with E-state index in [1.807, 2.05) is 6.92 Å². The van der Waals surface area contributed by atoms with Gasteiger partial charge in [-0.15, -0.1) is 0 Å². The zero-order valence-electron chi connectivity index (χ0n) is 12.3. The molecule has 3 rings (SSSR count). The van der Waals surface area contributed by atoms with Gasteiger partial charge in [0.25, 0.3) is 0 Å². The van der Waals surface area contributed by atoms with Gasteiger partial charge in [0.15, 0.2) is 5.76 Å². The molecule has 2 aliphatic rings. The summed E-state index contributed by atoms with van der Waals surface area (Å²) in [6.07, 6.45) is 4.04. The maximum Gasteiger partial charge on any atom is 0.150 e. The van der Waals surface area contributed by atoms with E-state index in [4.69, 9.17) is 4.52 Å². The Hall–Kier alpha value is -0.870. The van der Waals surface area contributed by atoms with E-state index in [1.165, 1.54) is 32.4 Å². The molecule has 0 radical (unpaired) electrons. The van der Waals surface area contributed by atoms with Crippen molar-refractivity contribution in [2.45, 2.75) is 64.7 Å². The van der Waals surface area contributed by atoms with Crippen molar-refractivity contribution in [3.63, 3.8) is 0 Å². The third-order valence-electron chi connectivity index (χ3n) is 4.58. The van der Waals surface area contributed by atoms with Crippen LogP contribution in [-0.2, 0) is 6.54 Å². The van der Waals surface area contributed by atoms with E-state index >= 15 is 0 Å². The van der Waals surface area contributed by atoms with Gasteiger partial charge in [-0.05, 0) is 40.0 Å².